The van der Waals surface area contributed by atoms with Crippen molar-refractivity contribution in [3.05, 3.63) is 35.4 Å². The molecule has 0 bridgehead atoms. The molecule has 5 N–H and O–H groups in total. The monoisotopic (exact) mass is 377 g/mol. The molecule has 0 aromatic heterocycles. The summed E-state index contributed by atoms with van der Waals surface area (Å²) in [5, 5.41) is 24.0. The molecule has 1 atom stereocenters. The fourth-order valence-corrected chi connectivity index (χ4v) is 2.07. The van der Waals surface area contributed by atoms with Gasteiger partial charge in [0.1, 0.15) is 0 Å². The summed E-state index contributed by atoms with van der Waals surface area (Å²) in [6, 6.07) is 2.92. The molecule has 1 aromatic rings. The van der Waals surface area contributed by atoms with Crippen LogP contribution in [0.3, 0.4) is 0 Å². The second kappa shape index (κ2) is 9.49. The van der Waals surface area contributed by atoms with E-state index in [2.05, 4.69) is 16.0 Å². The van der Waals surface area contributed by atoms with E-state index in [9.17, 15) is 27.6 Å². The smallest absolute Gasteiger partial charge is 0.416 e. The maximum absolute atomic E-state index is 12.5. The van der Waals surface area contributed by atoms with Crippen LogP contribution in [-0.4, -0.2) is 47.4 Å². The van der Waals surface area contributed by atoms with Crippen LogP contribution in [0, 0.1) is 0 Å². The minimum absolute atomic E-state index is 0.000353. The first-order valence-corrected chi connectivity index (χ1v) is 7.51. The van der Waals surface area contributed by atoms with Gasteiger partial charge in [-0.1, -0.05) is 0 Å². The number of hydrogen-bond acceptors (Lipinski definition) is 3. The van der Waals surface area contributed by atoms with Gasteiger partial charge in [0.15, 0.2) is 0 Å². The van der Waals surface area contributed by atoms with Gasteiger partial charge in [-0.25, -0.2) is 9.59 Å². The number of halogens is 3. The lowest BCUT2D eigenvalue weighted by Gasteiger charge is -2.17. The van der Waals surface area contributed by atoms with Crippen molar-refractivity contribution in [2.24, 2.45) is 0 Å². The molecular weight excluding hydrogens is 359 g/mol. The second-order valence-corrected chi connectivity index (χ2v) is 5.31. The Labute approximate surface area is 146 Å². The minimum atomic E-state index is -4.50. The van der Waals surface area contributed by atoms with Crippen LogP contribution in [0.25, 0.3) is 0 Å². The maximum atomic E-state index is 12.5. The summed E-state index contributed by atoms with van der Waals surface area (Å²) in [5.41, 5.74) is -0.884. The Morgan fingerprint density at radius 2 is 1.62 bits per heavy atom. The molecule has 0 fully saturated rings. The molecule has 0 unspecified atom stereocenters. The number of hydrogen-bond donors (Lipinski definition) is 5. The molecule has 1 rings (SSSR count). The van der Waals surface area contributed by atoms with E-state index in [0.29, 0.717) is 6.42 Å². The van der Waals surface area contributed by atoms with Crippen LogP contribution in [0.2, 0.25) is 0 Å². The van der Waals surface area contributed by atoms with E-state index in [4.69, 9.17) is 10.2 Å². The van der Waals surface area contributed by atoms with Crippen molar-refractivity contribution in [2.45, 2.75) is 25.1 Å². The number of nitrogens with one attached hydrogen (secondary N) is 3. The van der Waals surface area contributed by atoms with E-state index in [0.717, 1.165) is 24.3 Å². The van der Waals surface area contributed by atoms with Gasteiger partial charge in [0.05, 0.1) is 5.56 Å². The lowest BCUT2D eigenvalue weighted by Crippen LogP contribution is -2.43. The van der Waals surface area contributed by atoms with Gasteiger partial charge in [-0.2, -0.15) is 13.2 Å². The summed E-state index contributed by atoms with van der Waals surface area (Å²) in [4.78, 5) is 33.0. The first-order chi connectivity index (χ1) is 12.1. The fraction of sp³-hybridized carbons (Fsp3) is 0.400. The zero-order chi connectivity index (χ0) is 19.7. The van der Waals surface area contributed by atoms with Gasteiger partial charge in [-0.05, 0) is 37.1 Å². The van der Waals surface area contributed by atoms with Crippen molar-refractivity contribution in [2.75, 3.05) is 13.1 Å². The number of alkyl halides is 3. The predicted octanol–water partition coefficient (Wildman–Crippen LogP) is 2.12. The van der Waals surface area contributed by atoms with Crippen molar-refractivity contribution >= 4 is 18.1 Å². The van der Waals surface area contributed by atoms with Crippen LogP contribution in [0.5, 0.6) is 0 Å². The number of carbonyl (C=O) groups excluding carboxylic acids is 1. The molecular formula is C15H18F3N3O5. The lowest BCUT2D eigenvalue weighted by atomic mass is 10.1. The van der Waals surface area contributed by atoms with E-state index in [1.54, 1.807) is 0 Å². The third-order valence-electron chi connectivity index (χ3n) is 3.32. The minimum Gasteiger partial charge on any atom is -0.465 e. The van der Waals surface area contributed by atoms with Crippen molar-refractivity contribution in [1.29, 1.82) is 0 Å². The molecule has 8 nitrogen and oxygen atoms in total. The highest BCUT2D eigenvalue weighted by Gasteiger charge is 2.30. The molecule has 26 heavy (non-hydrogen) atoms. The normalized spacial score (nSPS) is 12.1. The highest BCUT2D eigenvalue weighted by Crippen LogP contribution is 2.29. The average Bonchev–Trinajstić information content (AvgIpc) is 2.54. The molecule has 11 heteroatoms. The Kier molecular flexibility index (Phi) is 7.69. The summed E-state index contributed by atoms with van der Waals surface area (Å²) < 4.78 is 37.5. The molecule has 0 saturated carbocycles. The summed E-state index contributed by atoms with van der Waals surface area (Å²) in [6.07, 6.45) is -6.45. The average molecular weight is 377 g/mol. The Morgan fingerprint density at radius 1 is 1.00 bits per heavy atom. The number of benzene rings is 1. The van der Waals surface area contributed by atoms with Crippen molar-refractivity contribution in [3.63, 3.8) is 0 Å². The Hall–Kier alpha value is -2.98. The number of carboxylic acid groups (broad SMARTS) is 2. The Bertz CT molecular complexity index is 634. The van der Waals surface area contributed by atoms with Gasteiger partial charge in [0.2, 0.25) is 0 Å². The summed E-state index contributed by atoms with van der Waals surface area (Å²) in [6.45, 7) is 0.0131. The van der Waals surface area contributed by atoms with Gasteiger partial charge < -0.3 is 26.2 Å². The first kappa shape index (κ1) is 21.1. The van der Waals surface area contributed by atoms with Crippen molar-refractivity contribution in [3.8, 4) is 0 Å². The van der Waals surface area contributed by atoms with Gasteiger partial charge in [-0.3, -0.25) is 4.79 Å². The SMILES string of the molecule is O=C(O)NCCC[C@@H](CNC(=O)c1ccc(C(F)(F)F)cc1)NC(=O)O. The van der Waals surface area contributed by atoms with Gasteiger partial charge >= 0.3 is 18.4 Å². The number of amides is 3. The lowest BCUT2D eigenvalue weighted by molar-refractivity contribution is -0.137. The van der Waals surface area contributed by atoms with Gasteiger partial charge in [0.25, 0.3) is 5.91 Å². The topological polar surface area (TPSA) is 128 Å². The van der Waals surface area contributed by atoms with E-state index in [1.807, 2.05) is 0 Å². The van der Waals surface area contributed by atoms with E-state index >= 15 is 0 Å². The van der Waals surface area contributed by atoms with Gasteiger partial charge in [-0.15, -0.1) is 0 Å². The first-order valence-electron chi connectivity index (χ1n) is 7.51. The summed E-state index contributed by atoms with van der Waals surface area (Å²) in [5.74, 6) is -0.653. The fourth-order valence-electron chi connectivity index (χ4n) is 2.07. The highest BCUT2D eigenvalue weighted by atomic mass is 19.4. The maximum Gasteiger partial charge on any atom is 0.416 e. The Balaban J connectivity index is 2.56. The van der Waals surface area contributed by atoms with E-state index in [-0.39, 0.29) is 25.1 Å². The van der Waals surface area contributed by atoms with Crippen LogP contribution < -0.4 is 16.0 Å². The zero-order valence-electron chi connectivity index (χ0n) is 13.5. The molecule has 0 aliphatic rings. The third kappa shape index (κ3) is 7.73. The molecule has 0 saturated heterocycles. The van der Waals surface area contributed by atoms with Crippen LogP contribution in [0.1, 0.15) is 28.8 Å². The third-order valence-corrected chi connectivity index (χ3v) is 3.32. The highest BCUT2D eigenvalue weighted by molar-refractivity contribution is 5.94. The molecule has 0 aliphatic heterocycles. The van der Waals surface area contributed by atoms with Crippen molar-refractivity contribution < 1.29 is 37.8 Å². The second-order valence-electron chi connectivity index (χ2n) is 5.31. The molecule has 144 valence electrons. The molecule has 0 aliphatic carbocycles. The molecule has 0 spiro atoms. The quantitative estimate of drug-likeness (QED) is 0.444. The van der Waals surface area contributed by atoms with Crippen molar-refractivity contribution in [1.82, 2.24) is 16.0 Å². The molecule has 3 amide bonds. The van der Waals surface area contributed by atoms with Crippen LogP contribution >= 0.6 is 0 Å². The zero-order valence-corrected chi connectivity index (χ0v) is 13.5. The van der Waals surface area contributed by atoms with Crippen LogP contribution in [0.4, 0.5) is 22.8 Å². The number of rotatable bonds is 8. The predicted molar refractivity (Wildman–Crippen MR) is 84.0 cm³/mol. The van der Waals surface area contributed by atoms with Gasteiger partial charge in [0, 0.05) is 24.7 Å². The summed E-state index contributed by atoms with van der Waals surface area (Å²) in [7, 11) is 0. The molecule has 0 heterocycles. The summed E-state index contributed by atoms with van der Waals surface area (Å²) >= 11 is 0. The van der Waals surface area contributed by atoms with E-state index in [1.165, 1.54) is 0 Å². The standard InChI is InChI=1S/C15H18F3N3O5/c16-15(17,18)10-5-3-9(4-6-10)12(22)20-8-11(21-14(25)26)2-1-7-19-13(23)24/h3-6,11,19,21H,1-2,7-8H2,(H,20,22)(H,23,24)(H,25,26)/t11-/m0/s1. The number of carbonyl (C=O) groups is 3. The van der Waals surface area contributed by atoms with E-state index < -0.39 is 35.9 Å². The Morgan fingerprint density at radius 3 is 2.12 bits per heavy atom. The van der Waals surface area contributed by atoms with Crippen LogP contribution in [-0.2, 0) is 6.18 Å². The molecule has 1 aromatic carbocycles. The van der Waals surface area contributed by atoms with Crippen LogP contribution in [0.15, 0.2) is 24.3 Å². The largest absolute Gasteiger partial charge is 0.465 e. The molecule has 0 radical (unpaired) electrons.